The van der Waals surface area contributed by atoms with Gasteiger partial charge in [-0.05, 0) is 69.0 Å². The summed E-state index contributed by atoms with van der Waals surface area (Å²) in [5.41, 5.74) is 0.820. The van der Waals surface area contributed by atoms with E-state index in [0.29, 0.717) is 5.57 Å². The number of benzene rings is 1. The Morgan fingerprint density at radius 1 is 1.09 bits per heavy atom. The van der Waals surface area contributed by atoms with Gasteiger partial charge in [-0.25, -0.2) is 8.78 Å². The number of rotatable bonds is 12. The molecule has 2 aliphatic rings. The Balaban J connectivity index is 0.000000303. The Hall–Kier alpha value is -2.57. The topological polar surface area (TPSA) is 44.4 Å². The first-order valence-corrected chi connectivity index (χ1v) is 12.8. The minimum absolute atomic E-state index is 0.111. The number of halogens is 2. The molecule has 192 valence electrons. The first-order valence-electron chi connectivity index (χ1n) is 12.8. The molecule has 0 saturated heterocycles. The lowest BCUT2D eigenvalue weighted by molar-refractivity contribution is -0.128. The lowest BCUT2D eigenvalue weighted by atomic mass is 10.1. The predicted octanol–water partition coefficient (Wildman–Crippen LogP) is 5.64. The Bertz CT molecular complexity index is 903. The summed E-state index contributed by atoms with van der Waals surface area (Å²) in [6.07, 6.45) is 18.5. The molecule has 0 bridgehead atoms. The number of allylic oxidation sites excluding steroid dienone is 5. The fraction of sp³-hybridized carbons (Fsp3) is 0.483. The van der Waals surface area contributed by atoms with Gasteiger partial charge in [-0.1, -0.05) is 55.9 Å². The molecule has 1 amide bonds. The number of hydrogen-bond donors (Lipinski definition) is 2. The van der Waals surface area contributed by atoms with Crippen molar-refractivity contribution in [2.24, 2.45) is 5.92 Å². The van der Waals surface area contributed by atoms with Crippen LogP contribution in [0.3, 0.4) is 0 Å². The molecule has 1 aromatic carbocycles. The van der Waals surface area contributed by atoms with Gasteiger partial charge >= 0.3 is 0 Å². The molecule has 2 N–H and O–H groups in total. The van der Waals surface area contributed by atoms with Gasteiger partial charge in [0, 0.05) is 32.1 Å². The minimum Gasteiger partial charge on any atom is -0.329 e. The van der Waals surface area contributed by atoms with Crippen LogP contribution in [0.4, 0.5) is 8.78 Å². The van der Waals surface area contributed by atoms with E-state index in [1.165, 1.54) is 45.7 Å². The van der Waals surface area contributed by atoms with Crippen LogP contribution in [0, 0.1) is 17.6 Å². The third-order valence-electron chi connectivity index (χ3n) is 5.90. The number of carbonyl (C=O) groups is 1. The molecule has 1 atom stereocenters. The van der Waals surface area contributed by atoms with Crippen molar-refractivity contribution in [3.63, 3.8) is 0 Å². The Morgan fingerprint density at radius 3 is 2.51 bits per heavy atom. The maximum Gasteiger partial charge on any atom is 0.220 e. The number of nitrogens with zero attached hydrogens (tertiary/aromatic N) is 1. The summed E-state index contributed by atoms with van der Waals surface area (Å²) >= 11 is 0. The summed E-state index contributed by atoms with van der Waals surface area (Å²) in [7, 11) is 0. The zero-order chi connectivity index (χ0) is 25.5. The Labute approximate surface area is 209 Å². The Kier molecular flexibility index (Phi) is 13.2. The van der Waals surface area contributed by atoms with Gasteiger partial charge < -0.3 is 15.5 Å². The van der Waals surface area contributed by atoms with Crippen molar-refractivity contribution in [3.8, 4) is 0 Å². The highest BCUT2D eigenvalue weighted by Crippen LogP contribution is 2.28. The van der Waals surface area contributed by atoms with Crippen LogP contribution < -0.4 is 10.6 Å². The Morgan fingerprint density at radius 2 is 1.83 bits per heavy atom. The molecule has 0 aromatic heterocycles. The van der Waals surface area contributed by atoms with Gasteiger partial charge in [-0.2, -0.15) is 0 Å². The van der Waals surface area contributed by atoms with Gasteiger partial charge in [0.2, 0.25) is 5.91 Å². The molecule has 1 aromatic rings. The molecule has 1 aliphatic carbocycles. The second-order valence-corrected chi connectivity index (χ2v) is 9.00. The fourth-order valence-corrected chi connectivity index (χ4v) is 3.69. The lowest BCUT2D eigenvalue weighted by Crippen LogP contribution is -2.33. The van der Waals surface area contributed by atoms with E-state index in [4.69, 9.17) is 0 Å². The SMILES string of the molecule is CCCCNCCNCC1CC1.C\C=C/C=C\C=C\[C@@H]1C=C(c2cc(F)ccc2F)CN1C(C)=O. The quantitative estimate of drug-likeness (QED) is 0.297. The van der Waals surface area contributed by atoms with Crippen molar-refractivity contribution < 1.29 is 13.6 Å². The third kappa shape index (κ3) is 11.1. The van der Waals surface area contributed by atoms with Gasteiger partial charge in [-0.3, -0.25) is 4.79 Å². The molecule has 1 heterocycles. The highest BCUT2D eigenvalue weighted by molar-refractivity contribution is 5.81. The molecule has 3 rings (SSSR count). The van der Waals surface area contributed by atoms with Crippen LogP contribution in [-0.2, 0) is 4.79 Å². The van der Waals surface area contributed by atoms with Gasteiger partial charge in [0.1, 0.15) is 11.6 Å². The van der Waals surface area contributed by atoms with Crippen molar-refractivity contribution in [1.29, 1.82) is 0 Å². The monoisotopic (exact) mass is 485 g/mol. The minimum atomic E-state index is -0.495. The molecule has 1 aliphatic heterocycles. The van der Waals surface area contributed by atoms with E-state index in [9.17, 15) is 13.6 Å². The van der Waals surface area contributed by atoms with Crippen molar-refractivity contribution >= 4 is 11.5 Å². The third-order valence-corrected chi connectivity index (χ3v) is 5.90. The molecule has 0 spiro atoms. The van der Waals surface area contributed by atoms with E-state index in [2.05, 4.69) is 17.6 Å². The number of nitrogens with one attached hydrogen (secondary N) is 2. The molecule has 1 saturated carbocycles. The zero-order valence-corrected chi connectivity index (χ0v) is 21.4. The molecule has 35 heavy (non-hydrogen) atoms. The number of hydrogen-bond acceptors (Lipinski definition) is 3. The van der Waals surface area contributed by atoms with E-state index < -0.39 is 11.6 Å². The lowest BCUT2D eigenvalue weighted by Gasteiger charge is -2.20. The number of amides is 1. The summed E-state index contributed by atoms with van der Waals surface area (Å²) in [5.74, 6) is -0.0792. The summed E-state index contributed by atoms with van der Waals surface area (Å²) < 4.78 is 27.3. The second kappa shape index (κ2) is 16.2. The average Bonchev–Trinajstić information content (AvgIpc) is 3.57. The molecule has 1 fully saturated rings. The first kappa shape index (κ1) is 28.7. The van der Waals surface area contributed by atoms with Crippen molar-refractivity contribution in [1.82, 2.24) is 15.5 Å². The highest BCUT2D eigenvalue weighted by atomic mass is 19.1. The summed E-state index contributed by atoms with van der Waals surface area (Å²) in [6.45, 7) is 10.6. The molecule has 4 nitrogen and oxygen atoms in total. The van der Waals surface area contributed by atoms with Crippen molar-refractivity contribution in [3.05, 3.63) is 77.9 Å². The summed E-state index contributed by atoms with van der Waals surface area (Å²) in [5, 5.41) is 6.88. The van der Waals surface area contributed by atoms with E-state index in [1.807, 2.05) is 43.4 Å². The fourth-order valence-electron chi connectivity index (χ4n) is 3.69. The van der Waals surface area contributed by atoms with Crippen LogP contribution in [0.25, 0.3) is 5.57 Å². The normalized spacial score (nSPS) is 17.9. The van der Waals surface area contributed by atoms with Gasteiger partial charge in [0.25, 0.3) is 0 Å². The smallest absolute Gasteiger partial charge is 0.220 e. The van der Waals surface area contributed by atoms with Gasteiger partial charge in [0.15, 0.2) is 0 Å². The molecule has 6 heteroatoms. The van der Waals surface area contributed by atoms with Gasteiger partial charge in [0.05, 0.1) is 6.04 Å². The van der Waals surface area contributed by atoms with Crippen molar-refractivity contribution in [2.75, 3.05) is 32.7 Å². The standard InChI is InChI=1S/C19H19F2NO.C10H22N2/c1-3-4-5-6-7-8-17-11-15(13-22(17)14(2)23)18-12-16(20)9-10-19(18)21;1-2-3-6-11-7-8-12-9-10-4-5-10/h3-12,17H,13H2,1-2H3;10-12H,2-9H2,1H3/b4-3-,6-5-,8-7+;/t17-;/m1./s1. The maximum absolute atomic E-state index is 13.9. The average molecular weight is 486 g/mol. The van der Waals surface area contributed by atoms with E-state index in [0.717, 1.165) is 37.2 Å². The summed E-state index contributed by atoms with van der Waals surface area (Å²) in [4.78, 5) is 13.4. The van der Waals surface area contributed by atoms with Crippen LogP contribution >= 0.6 is 0 Å². The molecule has 0 unspecified atom stereocenters. The highest BCUT2D eigenvalue weighted by Gasteiger charge is 2.27. The van der Waals surface area contributed by atoms with E-state index in [1.54, 1.807) is 11.0 Å². The van der Waals surface area contributed by atoms with Crippen LogP contribution in [0.5, 0.6) is 0 Å². The van der Waals surface area contributed by atoms with Crippen LogP contribution in [0.2, 0.25) is 0 Å². The predicted molar refractivity (Wildman–Crippen MR) is 142 cm³/mol. The summed E-state index contributed by atoms with van der Waals surface area (Å²) in [6, 6.07) is 3.09. The second-order valence-electron chi connectivity index (χ2n) is 9.00. The zero-order valence-electron chi connectivity index (χ0n) is 21.4. The number of unbranched alkanes of at least 4 members (excludes halogenated alkanes) is 1. The first-order chi connectivity index (χ1) is 17.0. The maximum atomic E-state index is 13.9. The van der Waals surface area contributed by atoms with Crippen molar-refractivity contribution in [2.45, 2.75) is 52.5 Å². The molecular weight excluding hydrogens is 444 g/mol. The molecular formula is C29H41F2N3O. The van der Waals surface area contributed by atoms with E-state index in [-0.39, 0.29) is 24.1 Å². The van der Waals surface area contributed by atoms with E-state index >= 15 is 0 Å². The number of carbonyl (C=O) groups excluding carboxylic acids is 1. The van der Waals surface area contributed by atoms with Crippen LogP contribution in [-0.4, -0.2) is 49.6 Å². The molecule has 0 radical (unpaired) electrons. The van der Waals surface area contributed by atoms with Gasteiger partial charge in [-0.15, -0.1) is 0 Å². The largest absolute Gasteiger partial charge is 0.329 e. The van der Waals surface area contributed by atoms with Crippen LogP contribution in [0.15, 0.2) is 60.7 Å². The van der Waals surface area contributed by atoms with Crippen LogP contribution in [0.1, 0.15) is 52.0 Å².